The van der Waals surface area contributed by atoms with Gasteiger partial charge in [0.05, 0.1) is 0 Å². The minimum absolute atomic E-state index is 0. The molecule has 0 aromatic rings. The predicted molar refractivity (Wildman–Crippen MR) is 27.6 cm³/mol. The van der Waals surface area contributed by atoms with E-state index in [0.29, 0.717) is 0 Å². The fourth-order valence-corrected chi connectivity index (χ4v) is 0.416. The van der Waals surface area contributed by atoms with Gasteiger partial charge < -0.3 is 9.29 Å². The SMILES string of the molecule is O=S(=O)([O-])OCOCC(F)F.[Li+]. The third kappa shape index (κ3) is 12.9. The average Bonchev–Trinajstić information content (AvgIpc) is 1.78. The van der Waals surface area contributed by atoms with E-state index in [1.165, 1.54) is 0 Å². The molecule has 0 aliphatic rings. The molecular formula is C3H5F2LiO5S. The molecule has 0 aliphatic heterocycles. The van der Waals surface area contributed by atoms with Crippen molar-refractivity contribution in [3.05, 3.63) is 0 Å². The maximum absolute atomic E-state index is 11.2. The van der Waals surface area contributed by atoms with Gasteiger partial charge in [-0.2, -0.15) is 0 Å². The van der Waals surface area contributed by atoms with E-state index in [1.807, 2.05) is 0 Å². The van der Waals surface area contributed by atoms with Crippen LogP contribution in [0.25, 0.3) is 0 Å². The summed E-state index contributed by atoms with van der Waals surface area (Å²) in [4.78, 5) is 0. The Morgan fingerprint density at radius 2 is 1.92 bits per heavy atom. The van der Waals surface area contributed by atoms with Gasteiger partial charge in [-0.1, -0.05) is 0 Å². The Kier molecular flexibility index (Phi) is 8.34. The summed E-state index contributed by atoms with van der Waals surface area (Å²) < 4.78 is 58.7. The normalized spacial score (nSPS) is 11.3. The van der Waals surface area contributed by atoms with E-state index >= 15 is 0 Å². The zero-order chi connectivity index (χ0) is 8.91. The third-order valence-corrected chi connectivity index (χ3v) is 0.905. The minimum atomic E-state index is -4.84. The molecule has 0 N–H and O–H groups in total. The third-order valence-electron chi connectivity index (χ3n) is 0.520. The van der Waals surface area contributed by atoms with Gasteiger partial charge in [0.25, 0.3) is 6.43 Å². The molecule has 68 valence electrons. The summed E-state index contributed by atoms with van der Waals surface area (Å²) in [7, 11) is -4.84. The van der Waals surface area contributed by atoms with Crippen LogP contribution in [0.4, 0.5) is 8.78 Å². The van der Waals surface area contributed by atoms with E-state index in [-0.39, 0.29) is 18.9 Å². The molecule has 0 aromatic heterocycles. The molecule has 0 radical (unpaired) electrons. The van der Waals surface area contributed by atoms with Crippen LogP contribution in [0.3, 0.4) is 0 Å². The Labute approximate surface area is 80.2 Å². The molecule has 0 amide bonds. The number of halogens is 2. The van der Waals surface area contributed by atoms with E-state index in [9.17, 15) is 21.8 Å². The standard InChI is InChI=1S/C3H6F2O5S.Li/c4-3(5)1-9-2-10-11(6,7)8;/h3H,1-2H2,(H,6,7,8);/q;+1/p-1. The van der Waals surface area contributed by atoms with Gasteiger partial charge in [-0.15, -0.1) is 0 Å². The molecule has 0 saturated heterocycles. The molecule has 0 heterocycles. The van der Waals surface area contributed by atoms with Crippen LogP contribution < -0.4 is 18.9 Å². The fraction of sp³-hybridized carbons (Fsp3) is 1.00. The molecular weight excluding hydrogens is 193 g/mol. The van der Waals surface area contributed by atoms with Gasteiger partial charge in [0, 0.05) is 0 Å². The quantitative estimate of drug-likeness (QED) is 0.152. The molecule has 0 atom stereocenters. The topological polar surface area (TPSA) is 75.7 Å². The largest absolute Gasteiger partial charge is 1.00 e. The number of ether oxygens (including phenoxy) is 1. The molecule has 0 aliphatic carbocycles. The number of rotatable bonds is 5. The van der Waals surface area contributed by atoms with Crippen molar-refractivity contribution < 1.29 is 49.5 Å². The van der Waals surface area contributed by atoms with Crippen molar-refractivity contribution in [1.82, 2.24) is 0 Å². The first kappa shape index (κ1) is 14.8. The number of hydrogen-bond acceptors (Lipinski definition) is 5. The van der Waals surface area contributed by atoms with Crippen molar-refractivity contribution in [2.75, 3.05) is 13.4 Å². The van der Waals surface area contributed by atoms with Gasteiger partial charge in [-0.3, -0.25) is 4.18 Å². The Bertz CT molecular complexity index is 193. The van der Waals surface area contributed by atoms with Gasteiger partial charge in [-0.25, -0.2) is 17.2 Å². The van der Waals surface area contributed by atoms with E-state index in [0.717, 1.165) is 0 Å². The Morgan fingerprint density at radius 1 is 1.42 bits per heavy atom. The maximum atomic E-state index is 11.2. The van der Waals surface area contributed by atoms with E-state index in [2.05, 4.69) is 8.92 Å². The van der Waals surface area contributed by atoms with E-state index < -0.39 is 30.2 Å². The van der Waals surface area contributed by atoms with Crippen molar-refractivity contribution in [3.8, 4) is 0 Å². The molecule has 0 unspecified atom stereocenters. The second kappa shape index (κ2) is 6.77. The molecule has 0 fully saturated rings. The minimum Gasteiger partial charge on any atom is -0.725 e. The summed E-state index contributed by atoms with van der Waals surface area (Å²) in [5.41, 5.74) is 0. The van der Waals surface area contributed by atoms with Crippen LogP contribution in [0.15, 0.2) is 0 Å². The molecule has 0 aromatic carbocycles. The van der Waals surface area contributed by atoms with Crippen molar-refractivity contribution >= 4 is 10.4 Å². The predicted octanol–water partition coefficient (Wildman–Crippen LogP) is -3.29. The molecule has 5 nitrogen and oxygen atoms in total. The van der Waals surface area contributed by atoms with Crippen molar-refractivity contribution in [1.29, 1.82) is 0 Å². The Morgan fingerprint density at radius 3 is 2.25 bits per heavy atom. The first-order valence-electron chi connectivity index (χ1n) is 2.38. The fourth-order valence-electron chi connectivity index (χ4n) is 0.230. The maximum Gasteiger partial charge on any atom is 1.00 e. The summed E-state index contributed by atoms with van der Waals surface area (Å²) >= 11 is 0. The van der Waals surface area contributed by atoms with Gasteiger partial charge in [-0.05, 0) is 0 Å². The first-order chi connectivity index (χ1) is 4.92. The second-order valence-corrected chi connectivity index (χ2v) is 2.46. The van der Waals surface area contributed by atoms with Crippen LogP contribution in [0.5, 0.6) is 0 Å². The van der Waals surface area contributed by atoms with Crippen molar-refractivity contribution in [2.24, 2.45) is 0 Å². The monoisotopic (exact) mass is 198 g/mol. The average molecular weight is 198 g/mol. The summed E-state index contributed by atoms with van der Waals surface area (Å²) in [6.45, 7) is -1.94. The van der Waals surface area contributed by atoms with Crippen LogP contribution in [-0.2, 0) is 19.3 Å². The number of hydrogen-bond donors (Lipinski definition) is 0. The van der Waals surface area contributed by atoms with Crippen LogP contribution in [0, 0.1) is 0 Å². The van der Waals surface area contributed by atoms with Crippen LogP contribution >= 0.6 is 0 Å². The van der Waals surface area contributed by atoms with E-state index in [4.69, 9.17) is 0 Å². The molecule has 0 spiro atoms. The molecule has 12 heavy (non-hydrogen) atoms. The number of alkyl halides is 2. The Hall–Kier alpha value is 0.287. The first-order valence-corrected chi connectivity index (χ1v) is 3.71. The van der Waals surface area contributed by atoms with E-state index in [1.54, 1.807) is 0 Å². The smallest absolute Gasteiger partial charge is 0.725 e. The van der Waals surface area contributed by atoms with Gasteiger partial charge in [0.2, 0.25) is 10.4 Å². The summed E-state index contributed by atoms with van der Waals surface area (Å²) in [5.74, 6) is 0. The summed E-state index contributed by atoms with van der Waals surface area (Å²) in [5, 5.41) is 0. The van der Waals surface area contributed by atoms with Crippen molar-refractivity contribution in [3.63, 3.8) is 0 Å². The van der Waals surface area contributed by atoms with Crippen molar-refractivity contribution in [2.45, 2.75) is 6.43 Å². The molecule has 0 bridgehead atoms. The van der Waals surface area contributed by atoms with Gasteiger partial charge in [0.1, 0.15) is 6.61 Å². The van der Waals surface area contributed by atoms with Crippen LogP contribution in [-0.4, -0.2) is 32.8 Å². The molecule has 0 rings (SSSR count). The zero-order valence-corrected chi connectivity index (χ0v) is 7.01. The van der Waals surface area contributed by atoms with Gasteiger partial charge in [0.15, 0.2) is 6.79 Å². The van der Waals surface area contributed by atoms with Crippen LogP contribution in [0.2, 0.25) is 0 Å². The van der Waals surface area contributed by atoms with Crippen LogP contribution in [0.1, 0.15) is 0 Å². The Balaban J connectivity index is 0. The zero-order valence-electron chi connectivity index (χ0n) is 6.20. The molecule has 9 heteroatoms. The summed E-state index contributed by atoms with van der Waals surface area (Å²) in [6.07, 6.45) is -2.71. The molecule has 0 saturated carbocycles. The summed E-state index contributed by atoms with van der Waals surface area (Å²) in [6, 6.07) is 0. The second-order valence-electron chi connectivity index (χ2n) is 1.41. The van der Waals surface area contributed by atoms with Gasteiger partial charge >= 0.3 is 18.9 Å².